The van der Waals surface area contributed by atoms with E-state index in [-0.39, 0.29) is 57.3 Å². The van der Waals surface area contributed by atoms with Gasteiger partial charge in [0, 0.05) is 5.88 Å². The van der Waals surface area contributed by atoms with Crippen molar-refractivity contribution in [1.29, 1.82) is 0 Å². The number of aliphatic hydroxyl groups excluding tert-OH is 1. The molecular weight excluding hydrogens is 127 g/mol. The van der Waals surface area contributed by atoms with Crippen LogP contribution in [0.15, 0.2) is 0 Å². The molecule has 0 aromatic heterocycles. The first-order chi connectivity index (χ1) is 2.27. The number of alkyl halides is 1. The third-order valence-electron chi connectivity index (χ3n) is 0.178. The molecule has 1 atom stereocenters. The fraction of sp³-hybridized carbons (Fsp3) is 0.667. The summed E-state index contributed by atoms with van der Waals surface area (Å²) in [5, 5.41) is 8.12. The van der Waals surface area contributed by atoms with Gasteiger partial charge in [0.2, 0.25) is 0 Å². The largest absolute Gasteiger partial charge is 1.00 e. The Hall–Kier alpha value is 1.89. The molecule has 32 valence electrons. The van der Waals surface area contributed by atoms with Gasteiger partial charge in [-0.2, -0.15) is 0 Å². The van der Waals surface area contributed by atoms with Crippen LogP contribution in [-0.4, -0.2) is 17.1 Å². The van der Waals surface area contributed by atoms with Gasteiger partial charge in [-0.25, -0.2) is 0 Å². The SMILES string of the molecule is [CH2-]C(O)CCl.[K+]. The number of hydrogen-bond donors (Lipinski definition) is 1. The molecule has 0 heterocycles. The van der Waals surface area contributed by atoms with Crippen molar-refractivity contribution >= 4 is 11.6 Å². The van der Waals surface area contributed by atoms with Crippen molar-refractivity contribution in [2.24, 2.45) is 0 Å². The van der Waals surface area contributed by atoms with Crippen LogP contribution in [0.4, 0.5) is 0 Å². The van der Waals surface area contributed by atoms with E-state index in [0.717, 1.165) is 0 Å². The normalized spacial score (nSPS) is 12.5. The summed E-state index contributed by atoms with van der Waals surface area (Å²) >= 11 is 5.02. The smallest absolute Gasteiger partial charge is 0.424 e. The Kier molecular flexibility index (Phi) is 12.4. The molecule has 1 N–H and O–H groups in total. The van der Waals surface area contributed by atoms with E-state index in [0.29, 0.717) is 0 Å². The molecule has 0 radical (unpaired) electrons. The van der Waals surface area contributed by atoms with Gasteiger partial charge in [-0.3, -0.25) is 0 Å². The van der Waals surface area contributed by atoms with Crippen molar-refractivity contribution in [2.75, 3.05) is 5.88 Å². The summed E-state index contributed by atoms with van der Waals surface area (Å²) in [7, 11) is 0. The van der Waals surface area contributed by atoms with E-state index in [4.69, 9.17) is 16.7 Å². The summed E-state index contributed by atoms with van der Waals surface area (Å²) < 4.78 is 0. The molecule has 0 aliphatic carbocycles. The van der Waals surface area contributed by atoms with Gasteiger partial charge in [-0.15, -0.1) is 11.6 Å². The average molecular weight is 133 g/mol. The zero-order valence-electron chi connectivity index (χ0n) is 3.82. The van der Waals surface area contributed by atoms with E-state index < -0.39 is 6.10 Å². The Bertz CT molecular complexity index is 24.8. The van der Waals surface area contributed by atoms with Crippen LogP contribution in [0.3, 0.4) is 0 Å². The van der Waals surface area contributed by atoms with Gasteiger partial charge in [0.1, 0.15) is 0 Å². The maximum atomic E-state index is 8.12. The standard InChI is InChI=1S/C3H6ClO.K/c1-3(5)2-4;/h3,5H,1-2H2;/q-1;+1. The Morgan fingerprint density at radius 2 is 2.00 bits per heavy atom. The van der Waals surface area contributed by atoms with Crippen LogP contribution in [0, 0.1) is 6.92 Å². The van der Waals surface area contributed by atoms with Crippen LogP contribution >= 0.6 is 11.6 Å². The zero-order valence-corrected chi connectivity index (χ0v) is 7.70. The molecule has 0 saturated carbocycles. The molecule has 6 heavy (non-hydrogen) atoms. The van der Waals surface area contributed by atoms with Gasteiger partial charge >= 0.3 is 51.4 Å². The van der Waals surface area contributed by atoms with Crippen LogP contribution in [0.5, 0.6) is 0 Å². The fourth-order valence-electron chi connectivity index (χ4n) is 0. The molecule has 0 aliphatic rings. The Labute approximate surface area is 85.5 Å². The second-order valence-electron chi connectivity index (χ2n) is 0.808. The Balaban J connectivity index is 0. The number of hydrogen-bond acceptors (Lipinski definition) is 1. The second-order valence-corrected chi connectivity index (χ2v) is 1.12. The van der Waals surface area contributed by atoms with Crippen molar-refractivity contribution in [2.45, 2.75) is 6.10 Å². The molecule has 3 heteroatoms. The van der Waals surface area contributed by atoms with E-state index >= 15 is 0 Å². The summed E-state index contributed by atoms with van der Waals surface area (Å²) in [6.45, 7) is 3.18. The molecule has 0 fully saturated rings. The first kappa shape index (κ1) is 10.8. The van der Waals surface area contributed by atoms with Gasteiger partial charge in [-0.05, 0) is 0 Å². The topological polar surface area (TPSA) is 20.2 Å². The molecule has 1 nitrogen and oxygen atoms in total. The van der Waals surface area contributed by atoms with Crippen LogP contribution in [0.25, 0.3) is 0 Å². The molecule has 0 aliphatic heterocycles. The second kappa shape index (κ2) is 6.89. The van der Waals surface area contributed by atoms with Crippen LogP contribution < -0.4 is 51.4 Å². The molecule has 0 spiro atoms. The summed E-state index contributed by atoms with van der Waals surface area (Å²) in [6.07, 6.45) is -0.600. The third-order valence-corrected chi connectivity index (χ3v) is 0.534. The molecular formula is C3H6ClKO. The van der Waals surface area contributed by atoms with Crippen molar-refractivity contribution in [3.05, 3.63) is 6.92 Å². The van der Waals surface area contributed by atoms with Crippen molar-refractivity contribution in [3.8, 4) is 0 Å². The number of halogens is 1. The Morgan fingerprint density at radius 3 is 2.00 bits per heavy atom. The van der Waals surface area contributed by atoms with Crippen molar-refractivity contribution in [1.82, 2.24) is 0 Å². The van der Waals surface area contributed by atoms with E-state index in [1.165, 1.54) is 0 Å². The van der Waals surface area contributed by atoms with E-state index in [2.05, 4.69) is 6.92 Å². The van der Waals surface area contributed by atoms with Gasteiger partial charge in [0.05, 0.1) is 0 Å². The average Bonchev–Trinajstić information content (AvgIpc) is 1.38. The van der Waals surface area contributed by atoms with Gasteiger partial charge < -0.3 is 12.0 Å². The number of rotatable bonds is 1. The molecule has 0 bridgehead atoms. The minimum Gasteiger partial charge on any atom is -0.424 e. The first-order valence-electron chi connectivity index (χ1n) is 1.34. The number of aliphatic hydroxyl groups is 1. The van der Waals surface area contributed by atoms with Gasteiger partial charge in [0.25, 0.3) is 0 Å². The van der Waals surface area contributed by atoms with E-state index in [1.807, 2.05) is 0 Å². The maximum Gasteiger partial charge on any atom is 1.00 e. The van der Waals surface area contributed by atoms with Crippen LogP contribution in [0.2, 0.25) is 0 Å². The molecule has 0 amide bonds. The quantitative estimate of drug-likeness (QED) is 0.236. The first-order valence-corrected chi connectivity index (χ1v) is 1.88. The van der Waals surface area contributed by atoms with E-state index in [1.54, 1.807) is 0 Å². The maximum absolute atomic E-state index is 8.12. The molecule has 0 saturated heterocycles. The monoisotopic (exact) mass is 132 g/mol. The predicted octanol–water partition coefficient (Wildman–Crippen LogP) is -2.58. The summed E-state index contributed by atoms with van der Waals surface area (Å²) in [5.74, 6) is 0.222. The van der Waals surface area contributed by atoms with Crippen molar-refractivity contribution in [3.63, 3.8) is 0 Å². The van der Waals surface area contributed by atoms with Gasteiger partial charge in [-0.1, -0.05) is 6.10 Å². The van der Waals surface area contributed by atoms with Crippen molar-refractivity contribution < 1.29 is 56.5 Å². The summed E-state index contributed by atoms with van der Waals surface area (Å²) in [4.78, 5) is 0. The molecule has 1 unspecified atom stereocenters. The minimum atomic E-state index is -0.600. The molecule has 0 rings (SSSR count). The molecule has 0 aromatic carbocycles. The minimum absolute atomic E-state index is 0. The fourth-order valence-corrected chi connectivity index (χ4v) is 0. The zero-order chi connectivity index (χ0) is 4.28. The van der Waals surface area contributed by atoms with E-state index in [9.17, 15) is 0 Å². The van der Waals surface area contributed by atoms with Crippen LogP contribution in [-0.2, 0) is 0 Å². The predicted molar refractivity (Wildman–Crippen MR) is 22.1 cm³/mol. The third kappa shape index (κ3) is 9.31. The molecule has 0 aromatic rings. The van der Waals surface area contributed by atoms with Gasteiger partial charge in [0.15, 0.2) is 0 Å². The van der Waals surface area contributed by atoms with Crippen LogP contribution in [0.1, 0.15) is 0 Å². The summed E-state index contributed by atoms with van der Waals surface area (Å²) in [6, 6.07) is 0. The summed E-state index contributed by atoms with van der Waals surface area (Å²) in [5.41, 5.74) is 0. The Morgan fingerprint density at radius 1 is 1.83 bits per heavy atom.